The number of rotatable bonds is 6. The van der Waals surface area contributed by atoms with Crippen molar-refractivity contribution in [3.63, 3.8) is 0 Å². The van der Waals surface area contributed by atoms with E-state index in [4.69, 9.17) is 4.99 Å². The summed E-state index contributed by atoms with van der Waals surface area (Å²) in [5.41, 5.74) is 3.39. The van der Waals surface area contributed by atoms with Crippen molar-refractivity contribution in [1.82, 2.24) is 10.2 Å². The van der Waals surface area contributed by atoms with Gasteiger partial charge < -0.3 is 10.2 Å². The zero-order chi connectivity index (χ0) is 19.4. The first-order valence-corrected chi connectivity index (χ1v) is 9.51. The lowest BCUT2D eigenvalue weighted by Gasteiger charge is -2.31. The molecule has 1 aliphatic rings. The molecule has 0 spiro atoms. The first-order valence-electron chi connectivity index (χ1n) is 9.51. The van der Waals surface area contributed by atoms with Gasteiger partial charge in [-0.25, -0.2) is 9.38 Å². The number of hydrogen-bond donors (Lipinski definition) is 1. The van der Waals surface area contributed by atoms with Gasteiger partial charge in [-0.3, -0.25) is 4.79 Å². The monoisotopic (exact) mass is 367 g/mol. The number of carbonyl (C=O) groups is 1. The van der Waals surface area contributed by atoms with E-state index >= 15 is 0 Å². The third-order valence-corrected chi connectivity index (χ3v) is 4.54. The number of benzene rings is 2. The number of nitrogens with one attached hydrogen (secondary N) is 1. The lowest BCUT2D eigenvalue weighted by atomic mass is 10.0. The summed E-state index contributed by atoms with van der Waals surface area (Å²) in [7, 11) is 0. The zero-order valence-corrected chi connectivity index (χ0v) is 16.1. The second kappa shape index (κ2) is 8.33. The van der Waals surface area contributed by atoms with Crippen molar-refractivity contribution < 1.29 is 9.18 Å². The average Bonchev–Trinajstić information content (AvgIpc) is 2.65. The summed E-state index contributed by atoms with van der Waals surface area (Å²) in [6, 6.07) is 12.2. The fourth-order valence-electron chi connectivity index (χ4n) is 3.13. The lowest BCUT2D eigenvalue weighted by Crippen LogP contribution is -2.34. The van der Waals surface area contributed by atoms with E-state index in [2.05, 4.69) is 17.1 Å². The van der Waals surface area contributed by atoms with E-state index < -0.39 is 0 Å². The topological polar surface area (TPSA) is 44.7 Å². The Morgan fingerprint density at radius 3 is 2.63 bits per heavy atom. The van der Waals surface area contributed by atoms with Crippen LogP contribution in [0.5, 0.6) is 0 Å². The van der Waals surface area contributed by atoms with Crippen LogP contribution in [-0.2, 0) is 6.54 Å². The second-order valence-corrected chi connectivity index (χ2v) is 7.19. The Balaban J connectivity index is 1.98. The molecule has 2 aromatic rings. The molecule has 0 fully saturated rings. The molecule has 1 N–H and O–H groups in total. The van der Waals surface area contributed by atoms with Crippen LogP contribution in [0.3, 0.4) is 0 Å². The van der Waals surface area contributed by atoms with Gasteiger partial charge >= 0.3 is 0 Å². The van der Waals surface area contributed by atoms with E-state index in [1.165, 1.54) is 12.1 Å². The van der Waals surface area contributed by atoms with Crippen LogP contribution >= 0.6 is 0 Å². The summed E-state index contributed by atoms with van der Waals surface area (Å²) in [5, 5.41) is 2.91. The highest BCUT2D eigenvalue weighted by Gasteiger charge is 2.22. The van der Waals surface area contributed by atoms with E-state index in [1.54, 1.807) is 12.1 Å². The second-order valence-electron chi connectivity index (χ2n) is 7.19. The number of amidine groups is 1. The summed E-state index contributed by atoms with van der Waals surface area (Å²) in [4.78, 5) is 19.4. The molecule has 27 heavy (non-hydrogen) atoms. The molecule has 0 saturated carbocycles. The van der Waals surface area contributed by atoms with Gasteiger partial charge in [0, 0.05) is 30.3 Å². The van der Waals surface area contributed by atoms with Gasteiger partial charge in [0.05, 0.1) is 5.69 Å². The highest BCUT2D eigenvalue weighted by atomic mass is 19.1. The number of unbranched alkanes of at least 4 members (excludes halogenated alkanes) is 1. The van der Waals surface area contributed by atoms with E-state index in [-0.39, 0.29) is 17.8 Å². The van der Waals surface area contributed by atoms with E-state index in [0.29, 0.717) is 5.56 Å². The van der Waals surface area contributed by atoms with Crippen LogP contribution in [0.1, 0.15) is 55.1 Å². The molecule has 3 rings (SSSR count). The van der Waals surface area contributed by atoms with Gasteiger partial charge in [-0.15, -0.1) is 0 Å². The van der Waals surface area contributed by atoms with Gasteiger partial charge in [0.25, 0.3) is 5.91 Å². The molecule has 0 radical (unpaired) electrons. The van der Waals surface area contributed by atoms with Gasteiger partial charge in [0.1, 0.15) is 11.7 Å². The molecule has 2 aromatic carbocycles. The highest BCUT2D eigenvalue weighted by molar-refractivity contribution is 6.02. The number of carbonyl (C=O) groups excluding carboxylic acids is 1. The molecule has 0 unspecified atom stereocenters. The van der Waals surface area contributed by atoms with Crippen molar-refractivity contribution >= 4 is 17.4 Å². The fraction of sp³-hybridized carbons (Fsp3) is 0.364. The quantitative estimate of drug-likeness (QED) is 0.807. The molecule has 4 nitrogen and oxygen atoms in total. The molecule has 142 valence electrons. The maximum absolute atomic E-state index is 13.3. The molecule has 0 atom stereocenters. The number of nitrogens with zero attached hydrogens (tertiary/aromatic N) is 2. The van der Waals surface area contributed by atoms with Crippen molar-refractivity contribution in [2.75, 3.05) is 6.54 Å². The Kier molecular flexibility index (Phi) is 5.89. The molecule has 1 heterocycles. The molecule has 1 aliphatic heterocycles. The van der Waals surface area contributed by atoms with E-state index in [1.807, 2.05) is 32.0 Å². The summed E-state index contributed by atoms with van der Waals surface area (Å²) in [6.45, 7) is 7.66. The molecular weight excluding hydrogens is 341 g/mol. The molecule has 0 bridgehead atoms. The summed E-state index contributed by atoms with van der Waals surface area (Å²) < 4.78 is 13.3. The number of aliphatic imine (C=N–C) groups is 1. The number of halogens is 1. The van der Waals surface area contributed by atoms with E-state index in [9.17, 15) is 9.18 Å². The Morgan fingerprint density at radius 1 is 1.22 bits per heavy atom. The van der Waals surface area contributed by atoms with Crippen LogP contribution in [0, 0.1) is 5.82 Å². The summed E-state index contributed by atoms with van der Waals surface area (Å²) in [5.74, 6) is 0.473. The minimum Gasteiger partial charge on any atom is -0.352 e. The predicted octanol–water partition coefficient (Wildman–Crippen LogP) is 4.66. The largest absolute Gasteiger partial charge is 0.352 e. The van der Waals surface area contributed by atoms with Crippen molar-refractivity contribution in [3.05, 3.63) is 65.0 Å². The molecule has 1 amide bonds. The van der Waals surface area contributed by atoms with Gasteiger partial charge in [0.2, 0.25) is 0 Å². The molecule has 0 saturated heterocycles. The number of hydrogen-bond acceptors (Lipinski definition) is 3. The summed E-state index contributed by atoms with van der Waals surface area (Å²) in [6.07, 6.45) is 2.15. The van der Waals surface area contributed by atoms with Gasteiger partial charge in [-0.05, 0) is 62.2 Å². The first-order chi connectivity index (χ1) is 13.0. The minimum absolute atomic E-state index is 0.0799. The van der Waals surface area contributed by atoms with Crippen LogP contribution < -0.4 is 5.32 Å². The Hall–Kier alpha value is -2.69. The van der Waals surface area contributed by atoms with Crippen molar-refractivity contribution in [2.45, 2.75) is 46.2 Å². The van der Waals surface area contributed by atoms with Crippen molar-refractivity contribution in [2.24, 2.45) is 4.99 Å². The Morgan fingerprint density at radius 2 is 1.96 bits per heavy atom. The highest BCUT2D eigenvalue weighted by Crippen LogP contribution is 2.29. The normalized spacial score (nSPS) is 13.4. The molecule has 0 aromatic heterocycles. The maximum Gasteiger partial charge on any atom is 0.251 e. The van der Waals surface area contributed by atoms with Crippen LogP contribution in [0.25, 0.3) is 0 Å². The SMILES string of the molecule is CCCCN1Cc2ccc(C(=O)NC(C)C)cc2N=C1c1ccc(F)cc1. The van der Waals surface area contributed by atoms with Crippen LogP contribution in [0.4, 0.5) is 10.1 Å². The molecule has 5 heteroatoms. The van der Waals surface area contributed by atoms with Gasteiger partial charge in [0.15, 0.2) is 0 Å². The molecule has 0 aliphatic carbocycles. The van der Waals surface area contributed by atoms with Crippen molar-refractivity contribution in [3.8, 4) is 0 Å². The fourth-order valence-corrected chi connectivity index (χ4v) is 3.13. The first kappa shape index (κ1) is 19.1. The van der Waals surface area contributed by atoms with Crippen LogP contribution in [0.15, 0.2) is 47.5 Å². The number of amides is 1. The summed E-state index contributed by atoms with van der Waals surface area (Å²) >= 11 is 0. The predicted molar refractivity (Wildman–Crippen MR) is 107 cm³/mol. The van der Waals surface area contributed by atoms with Crippen molar-refractivity contribution in [1.29, 1.82) is 0 Å². The van der Waals surface area contributed by atoms with E-state index in [0.717, 1.165) is 48.6 Å². The van der Waals surface area contributed by atoms with Gasteiger partial charge in [-0.1, -0.05) is 19.4 Å². The Labute approximate surface area is 160 Å². The van der Waals surface area contributed by atoms with Crippen LogP contribution in [0.2, 0.25) is 0 Å². The minimum atomic E-state index is -0.261. The third kappa shape index (κ3) is 4.54. The lowest BCUT2D eigenvalue weighted by molar-refractivity contribution is 0.0943. The zero-order valence-electron chi connectivity index (χ0n) is 16.1. The molecular formula is C22H26FN3O. The standard InChI is InChI=1S/C22H26FN3O/c1-4-5-12-26-14-18-7-6-17(22(27)24-15(2)3)13-20(18)25-21(26)16-8-10-19(23)11-9-16/h6-11,13,15H,4-5,12,14H2,1-3H3,(H,24,27). The average molecular weight is 367 g/mol. The smallest absolute Gasteiger partial charge is 0.251 e. The van der Waals surface area contributed by atoms with Crippen LogP contribution in [-0.4, -0.2) is 29.2 Å². The number of fused-ring (bicyclic) bond motifs is 1. The van der Waals surface area contributed by atoms with Gasteiger partial charge in [-0.2, -0.15) is 0 Å². The maximum atomic E-state index is 13.3. The third-order valence-electron chi connectivity index (χ3n) is 4.54. The Bertz CT molecular complexity index is 843.